The lowest BCUT2D eigenvalue weighted by Crippen LogP contribution is -2.27. The molecule has 8 nitrogen and oxygen atoms in total. The highest BCUT2D eigenvalue weighted by Gasteiger charge is 2.42. The van der Waals surface area contributed by atoms with Gasteiger partial charge in [-0.05, 0) is 35.1 Å². The van der Waals surface area contributed by atoms with Crippen LogP contribution in [0.15, 0.2) is 48.5 Å². The molecule has 2 heterocycles. The number of nitrogens with one attached hydrogen (secondary N) is 2. The zero-order valence-corrected chi connectivity index (χ0v) is 14.6. The summed E-state index contributed by atoms with van der Waals surface area (Å²) in [5, 5.41) is 29.1. The van der Waals surface area contributed by atoms with Crippen molar-refractivity contribution in [2.24, 2.45) is 0 Å². The maximum Gasteiger partial charge on any atom is 0.174 e. The SMILES string of the molecule is c1ccc2c(c1)-c1ccccc1C2(CCc1nn[nH]n1)CCc1nn[nH]n1. The summed E-state index contributed by atoms with van der Waals surface area (Å²) >= 11 is 0. The normalized spacial score (nSPS) is 14.1. The van der Waals surface area contributed by atoms with Gasteiger partial charge in [0.25, 0.3) is 0 Å². The molecule has 0 amide bonds. The van der Waals surface area contributed by atoms with Crippen LogP contribution in [0.4, 0.5) is 0 Å². The molecule has 1 aliphatic carbocycles. The molecule has 1 aliphatic rings. The third kappa shape index (κ3) is 2.61. The summed E-state index contributed by atoms with van der Waals surface area (Å²) in [6, 6.07) is 17.3. The Labute approximate surface area is 155 Å². The van der Waals surface area contributed by atoms with Crippen molar-refractivity contribution in [3.8, 4) is 11.1 Å². The fourth-order valence-electron chi connectivity index (χ4n) is 4.31. The molecule has 134 valence electrons. The number of tetrazole rings is 2. The summed E-state index contributed by atoms with van der Waals surface area (Å²) in [5.41, 5.74) is 5.15. The lowest BCUT2D eigenvalue weighted by Gasteiger charge is -2.31. The van der Waals surface area contributed by atoms with Gasteiger partial charge in [-0.25, -0.2) is 0 Å². The van der Waals surface area contributed by atoms with Crippen molar-refractivity contribution in [1.29, 1.82) is 0 Å². The van der Waals surface area contributed by atoms with Crippen molar-refractivity contribution >= 4 is 0 Å². The highest BCUT2D eigenvalue weighted by Crippen LogP contribution is 2.53. The van der Waals surface area contributed by atoms with E-state index in [0.717, 1.165) is 37.3 Å². The number of fused-ring (bicyclic) bond motifs is 3. The Bertz CT molecular complexity index is 954. The molecule has 5 rings (SSSR count). The zero-order chi connectivity index (χ0) is 18.1. The summed E-state index contributed by atoms with van der Waals surface area (Å²) in [4.78, 5) is 0. The van der Waals surface area contributed by atoms with E-state index in [1.165, 1.54) is 22.3 Å². The quantitative estimate of drug-likeness (QED) is 0.547. The standard InChI is InChI=1S/C19H18N8/c1-3-7-15-13(5-1)14-6-2-4-8-16(14)19(15,11-9-17-20-24-25-21-17)12-10-18-22-26-27-23-18/h1-8H,9-12H2,(H,20,21,24,25)(H,22,23,26,27). The van der Waals surface area contributed by atoms with Crippen molar-refractivity contribution in [1.82, 2.24) is 41.2 Å². The van der Waals surface area contributed by atoms with Gasteiger partial charge in [0, 0.05) is 18.3 Å². The van der Waals surface area contributed by atoms with Crippen LogP contribution in [0, 0.1) is 0 Å². The number of aromatic nitrogens is 8. The summed E-state index contributed by atoms with van der Waals surface area (Å²) < 4.78 is 0. The highest BCUT2D eigenvalue weighted by atomic mass is 15.5. The predicted octanol–water partition coefficient (Wildman–Crippen LogP) is 2.24. The molecule has 8 heteroatoms. The van der Waals surface area contributed by atoms with E-state index in [1.54, 1.807) is 0 Å². The molecule has 0 saturated heterocycles. The first-order valence-corrected chi connectivity index (χ1v) is 9.01. The molecule has 2 aromatic carbocycles. The molecule has 0 spiro atoms. The topological polar surface area (TPSA) is 109 Å². The molecule has 0 aliphatic heterocycles. The first-order chi connectivity index (χ1) is 13.4. The minimum Gasteiger partial charge on any atom is -0.177 e. The van der Waals surface area contributed by atoms with E-state index in [4.69, 9.17) is 0 Å². The van der Waals surface area contributed by atoms with Crippen LogP contribution < -0.4 is 0 Å². The Kier molecular flexibility index (Phi) is 3.74. The van der Waals surface area contributed by atoms with Crippen molar-refractivity contribution in [3.05, 3.63) is 71.3 Å². The van der Waals surface area contributed by atoms with E-state index in [-0.39, 0.29) is 5.41 Å². The van der Waals surface area contributed by atoms with Crippen molar-refractivity contribution in [2.75, 3.05) is 0 Å². The van der Waals surface area contributed by atoms with Crippen LogP contribution in [-0.4, -0.2) is 41.2 Å². The molecule has 27 heavy (non-hydrogen) atoms. The van der Waals surface area contributed by atoms with Gasteiger partial charge in [0.1, 0.15) is 0 Å². The van der Waals surface area contributed by atoms with Crippen LogP contribution in [0.2, 0.25) is 0 Å². The Morgan fingerprint density at radius 2 is 1.15 bits per heavy atom. The second kappa shape index (κ2) is 6.39. The second-order valence-electron chi connectivity index (χ2n) is 6.83. The van der Waals surface area contributed by atoms with E-state index < -0.39 is 0 Å². The second-order valence-corrected chi connectivity index (χ2v) is 6.83. The number of nitrogens with zero attached hydrogens (tertiary/aromatic N) is 6. The molecule has 0 fully saturated rings. The van der Waals surface area contributed by atoms with Crippen LogP contribution in [0.25, 0.3) is 11.1 Å². The number of aromatic amines is 2. The van der Waals surface area contributed by atoms with Gasteiger partial charge in [0.2, 0.25) is 0 Å². The molecule has 0 unspecified atom stereocenters. The largest absolute Gasteiger partial charge is 0.177 e. The molecule has 0 bridgehead atoms. The van der Waals surface area contributed by atoms with Crippen LogP contribution in [0.1, 0.15) is 35.6 Å². The zero-order valence-electron chi connectivity index (χ0n) is 14.6. The molecule has 2 aromatic heterocycles. The van der Waals surface area contributed by atoms with Gasteiger partial charge in [0.05, 0.1) is 0 Å². The number of H-pyrrole nitrogens is 2. The Morgan fingerprint density at radius 1 is 0.667 bits per heavy atom. The Morgan fingerprint density at radius 3 is 1.59 bits per heavy atom. The fourth-order valence-corrected chi connectivity index (χ4v) is 4.31. The smallest absolute Gasteiger partial charge is 0.174 e. The van der Waals surface area contributed by atoms with Gasteiger partial charge in [-0.15, -0.1) is 20.4 Å². The molecular formula is C19H18N8. The van der Waals surface area contributed by atoms with Crippen molar-refractivity contribution in [3.63, 3.8) is 0 Å². The van der Waals surface area contributed by atoms with Crippen LogP contribution in [0.5, 0.6) is 0 Å². The summed E-state index contributed by atoms with van der Waals surface area (Å²) in [6.07, 6.45) is 3.26. The number of rotatable bonds is 6. The molecule has 0 saturated carbocycles. The molecule has 0 atom stereocenters. The van der Waals surface area contributed by atoms with Gasteiger partial charge in [-0.3, -0.25) is 0 Å². The molecular weight excluding hydrogens is 340 g/mol. The molecule has 2 N–H and O–H groups in total. The first kappa shape index (κ1) is 15.8. The van der Waals surface area contributed by atoms with Gasteiger partial charge in [-0.1, -0.05) is 59.0 Å². The number of hydrogen-bond donors (Lipinski definition) is 2. The van der Waals surface area contributed by atoms with Gasteiger partial charge >= 0.3 is 0 Å². The number of aryl methyl sites for hydroxylation is 2. The van der Waals surface area contributed by atoms with Crippen molar-refractivity contribution < 1.29 is 0 Å². The third-order valence-corrected chi connectivity index (χ3v) is 5.50. The summed E-state index contributed by atoms with van der Waals surface area (Å²) in [5.74, 6) is 1.46. The molecule has 0 radical (unpaired) electrons. The fraction of sp³-hybridized carbons (Fsp3) is 0.263. The van der Waals surface area contributed by atoms with E-state index in [2.05, 4.69) is 89.8 Å². The Hall–Kier alpha value is -3.42. The first-order valence-electron chi connectivity index (χ1n) is 9.01. The predicted molar refractivity (Wildman–Crippen MR) is 97.7 cm³/mol. The maximum atomic E-state index is 4.14. The average molecular weight is 358 g/mol. The van der Waals surface area contributed by atoms with E-state index in [9.17, 15) is 0 Å². The highest BCUT2D eigenvalue weighted by molar-refractivity contribution is 5.81. The van der Waals surface area contributed by atoms with E-state index in [1.807, 2.05) is 0 Å². The lowest BCUT2D eigenvalue weighted by molar-refractivity contribution is 0.437. The van der Waals surface area contributed by atoms with Crippen LogP contribution >= 0.6 is 0 Å². The van der Waals surface area contributed by atoms with Gasteiger partial charge in [-0.2, -0.15) is 10.4 Å². The Balaban J connectivity index is 1.60. The third-order valence-electron chi connectivity index (χ3n) is 5.50. The lowest BCUT2D eigenvalue weighted by atomic mass is 9.71. The number of benzene rings is 2. The average Bonchev–Trinajstić information content (AvgIpc) is 3.46. The van der Waals surface area contributed by atoms with Crippen LogP contribution in [-0.2, 0) is 18.3 Å². The van der Waals surface area contributed by atoms with E-state index >= 15 is 0 Å². The minimum absolute atomic E-state index is 0.144. The minimum atomic E-state index is -0.144. The number of hydrogen-bond acceptors (Lipinski definition) is 6. The van der Waals surface area contributed by atoms with E-state index in [0.29, 0.717) is 0 Å². The summed E-state index contributed by atoms with van der Waals surface area (Å²) in [7, 11) is 0. The van der Waals surface area contributed by atoms with Gasteiger partial charge < -0.3 is 0 Å². The summed E-state index contributed by atoms with van der Waals surface area (Å²) in [6.45, 7) is 0. The van der Waals surface area contributed by atoms with Gasteiger partial charge in [0.15, 0.2) is 11.6 Å². The molecule has 4 aromatic rings. The van der Waals surface area contributed by atoms with Crippen molar-refractivity contribution in [2.45, 2.75) is 31.1 Å². The monoisotopic (exact) mass is 358 g/mol. The van der Waals surface area contributed by atoms with Crippen LogP contribution in [0.3, 0.4) is 0 Å². The maximum absolute atomic E-state index is 4.14.